The number of benzene rings is 2. The fourth-order valence-corrected chi connectivity index (χ4v) is 2.94. The number of nitrogens with one attached hydrogen (secondary N) is 1. The predicted molar refractivity (Wildman–Crippen MR) is 83.1 cm³/mol. The first-order valence-corrected chi connectivity index (χ1v) is 8.37. The van der Waals surface area contributed by atoms with Crippen LogP contribution in [0.1, 0.15) is 11.1 Å². The Morgan fingerprint density at radius 2 is 1.67 bits per heavy atom. The first kappa shape index (κ1) is 17.9. The smallest absolute Gasteiger partial charge is 0.271 e. The number of aryl methyl sites for hydroxylation is 2. The zero-order valence-electron chi connectivity index (χ0n) is 13.0. The molecule has 0 aromatic heterocycles. The summed E-state index contributed by atoms with van der Waals surface area (Å²) < 4.78 is 57.0. The summed E-state index contributed by atoms with van der Waals surface area (Å²) in [7, 11) is -4.05. The largest absolute Gasteiger partial charge is 0.484 e. The van der Waals surface area contributed by atoms with E-state index in [1.165, 1.54) is 12.1 Å². The van der Waals surface area contributed by atoms with Gasteiger partial charge in [0, 0.05) is 18.2 Å². The molecular weight excluding hydrogens is 340 g/mol. The van der Waals surface area contributed by atoms with Gasteiger partial charge in [0.1, 0.15) is 17.4 Å². The van der Waals surface area contributed by atoms with Crippen LogP contribution in [0, 0.1) is 25.5 Å². The monoisotopic (exact) mass is 355 g/mol. The van der Waals surface area contributed by atoms with Gasteiger partial charge in [0.05, 0.1) is 4.90 Å². The lowest BCUT2D eigenvalue weighted by Crippen LogP contribution is -2.34. The number of carbonyl (C=O) groups is 1. The van der Waals surface area contributed by atoms with Crippen molar-refractivity contribution in [2.45, 2.75) is 18.7 Å². The van der Waals surface area contributed by atoms with Crippen LogP contribution in [-0.2, 0) is 14.8 Å². The van der Waals surface area contributed by atoms with Crippen molar-refractivity contribution >= 4 is 15.9 Å². The molecule has 1 amide bonds. The van der Waals surface area contributed by atoms with Gasteiger partial charge in [0.2, 0.25) is 0 Å². The molecule has 2 aromatic rings. The summed E-state index contributed by atoms with van der Waals surface area (Å²) in [5.74, 6) is -2.91. The molecule has 2 aromatic carbocycles. The van der Waals surface area contributed by atoms with E-state index in [0.29, 0.717) is 6.07 Å². The van der Waals surface area contributed by atoms with Crippen LogP contribution < -0.4 is 9.46 Å². The van der Waals surface area contributed by atoms with Crippen LogP contribution in [0.5, 0.6) is 5.75 Å². The summed E-state index contributed by atoms with van der Waals surface area (Å²) in [5.41, 5.74) is 1.67. The Bertz CT molecular complexity index is 861. The molecule has 5 nitrogen and oxygen atoms in total. The van der Waals surface area contributed by atoms with Crippen molar-refractivity contribution < 1.29 is 26.7 Å². The van der Waals surface area contributed by atoms with Crippen molar-refractivity contribution in [2.75, 3.05) is 6.61 Å². The van der Waals surface area contributed by atoms with Crippen molar-refractivity contribution in [3.05, 3.63) is 59.2 Å². The van der Waals surface area contributed by atoms with Gasteiger partial charge >= 0.3 is 0 Å². The normalized spacial score (nSPS) is 11.2. The van der Waals surface area contributed by atoms with E-state index in [1.807, 2.05) is 11.6 Å². The van der Waals surface area contributed by atoms with Crippen LogP contribution in [-0.4, -0.2) is 20.9 Å². The zero-order chi connectivity index (χ0) is 17.9. The molecule has 0 aliphatic carbocycles. The number of hydrogen-bond acceptors (Lipinski definition) is 4. The molecule has 0 aliphatic rings. The summed E-state index contributed by atoms with van der Waals surface area (Å²) in [5, 5.41) is 0. The molecule has 0 aliphatic heterocycles. The van der Waals surface area contributed by atoms with Crippen LogP contribution in [0.2, 0.25) is 0 Å². The Hall–Kier alpha value is -2.48. The molecule has 1 N–H and O–H groups in total. The highest BCUT2D eigenvalue weighted by molar-refractivity contribution is 7.90. The Labute approximate surface area is 138 Å². The second kappa shape index (κ2) is 6.96. The minimum atomic E-state index is -4.05. The summed E-state index contributed by atoms with van der Waals surface area (Å²) in [6, 6.07) is 6.86. The topological polar surface area (TPSA) is 72.5 Å². The van der Waals surface area contributed by atoms with Crippen molar-refractivity contribution in [3.63, 3.8) is 0 Å². The van der Waals surface area contributed by atoms with E-state index in [-0.39, 0.29) is 10.6 Å². The third-order valence-corrected chi connectivity index (χ3v) is 4.61. The van der Waals surface area contributed by atoms with Gasteiger partial charge < -0.3 is 4.74 Å². The van der Waals surface area contributed by atoms with Gasteiger partial charge in [-0.05, 0) is 37.1 Å². The molecule has 0 saturated carbocycles. The van der Waals surface area contributed by atoms with Gasteiger partial charge in [-0.1, -0.05) is 6.07 Å². The van der Waals surface area contributed by atoms with Crippen molar-refractivity contribution in [2.24, 2.45) is 0 Å². The molecule has 0 fully saturated rings. The van der Waals surface area contributed by atoms with E-state index in [0.717, 1.165) is 23.3 Å². The van der Waals surface area contributed by atoms with Crippen LogP contribution in [0.3, 0.4) is 0 Å². The third kappa shape index (κ3) is 4.51. The van der Waals surface area contributed by atoms with Crippen LogP contribution in [0.15, 0.2) is 41.3 Å². The second-order valence-corrected chi connectivity index (χ2v) is 6.85. The minimum absolute atomic E-state index is 0.0595. The van der Waals surface area contributed by atoms with Gasteiger partial charge in [0.25, 0.3) is 15.9 Å². The number of rotatable bonds is 5. The Morgan fingerprint density at radius 3 is 2.25 bits per heavy atom. The fourth-order valence-electron chi connectivity index (χ4n) is 1.88. The molecule has 0 heterocycles. The number of halogens is 2. The third-order valence-electron chi connectivity index (χ3n) is 3.24. The summed E-state index contributed by atoms with van der Waals surface area (Å²) >= 11 is 0. The maximum Gasteiger partial charge on any atom is 0.271 e. The summed E-state index contributed by atoms with van der Waals surface area (Å²) in [4.78, 5) is 11.7. The van der Waals surface area contributed by atoms with Gasteiger partial charge in [-0.3, -0.25) is 4.79 Å². The highest BCUT2D eigenvalue weighted by atomic mass is 32.2. The number of ether oxygens (including phenoxy) is 1. The van der Waals surface area contributed by atoms with E-state index in [1.54, 1.807) is 13.0 Å². The molecule has 0 bridgehead atoms. The standard InChI is InChI=1S/C16H15F2NO4S/c1-10-3-4-15(5-11(10)2)24(21,22)19-16(20)9-23-14-7-12(17)6-13(18)8-14/h3-8H,9H2,1-2H3,(H,19,20). The summed E-state index contributed by atoms with van der Waals surface area (Å²) in [6.07, 6.45) is 0. The average Bonchev–Trinajstić information content (AvgIpc) is 2.46. The molecule has 8 heteroatoms. The number of hydrogen-bond donors (Lipinski definition) is 1. The van der Waals surface area contributed by atoms with Crippen molar-refractivity contribution in [1.82, 2.24) is 4.72 Å². The zero-order valence-corrected chi connectivity index (χ0v) is 13.8. The molecule has 24 heavy (non-hydrogen) atoms. The maximum absolute atomic E-state index is 13.0. The van der Waals surface area contributed by atoms with Crippen LogP contribution in [0.4, 0.5) is 8.78 Å². The minimum Gasteiger partial charge on any atom is -0.484 e. The Morgan fingerprint density at radius 1 is 1.04 bits per heavy atom. The Balaban J connectivity index is 2.04. The lowest BCUT2D eigenvalue weighted by Gasteiger charge is -2.10. The lowest BCUT2D eigenvalue weighted by atomic mass is 10.1. The maximum atomic E-state index is 13.0. The van der Waals surface area contributed by atoms with Gasteiger partial charge in [-0.15, -0.1) is 0 Å². The molecule has 0 radical (unpaired) electrons. The SMILES string of the molecule is Cc1ccc(S(=O)(=O)NC(=O)COc2cc(F)cc(F)c2)cc1C. The summed E-state index contributed by atoms with van der Waals surface area (Å²) in [6.45, 7) is 2.88. The highest BCUT2D eigenvalue weighted by Gasteiger charge is 2.18. The lowest BCUT2D eigenvalue weighted by molar-refractivity contribution is -0.121. The van der Waals surface area contributed by atoms with E-state index in [9.17, 15) is 22.0 Å². The molecule has 2 rings (SSSR count). The van der Waals surface area contributed by atoms with E-state index in [2.05, 4.69) is 0 Å². The highest BCUT2D eigenvalue weighted by Crippen LogP contribution is 2.16. The molecule has 0 saturated heterocycles. The molecule has 0 unspecified atom stereocenters. The van der Waals surface area contributed by atoms with E-state index < -0.39 is 34.2 Å². The molecular formula is C16H15F2NO4S. The average molecular weight is 355 g/mol. The van der Waals surface area contributed by atoms with Gasteiger partial charge in [-0.25, -0.2) is 21.9 Å². The van der Waals surface area contributed by atoms with Gasteiger partial charge in [0.15, 0.2) is 6.61 Å². The fraction of sp³-hybridized carbons (Fsp3) is 0.188. The second-order valence-electron chi connectivity index (χ2n) is 5.17. The first-order valence-electron chi connectivity index (χ1n) is 6.89. The Kier molecular flexibility index (Phi) is 5.18. The van der Waals surface area contributed by atoms with E-state index in [4.69, 9.17) is 4.74 Å². The number of carbonyl (C=O) groups excluding carboxylic acids is 1. The molecule has 0 atom stereocenters. The quantitative estimate of drug-likeness (QED) is 0.894. The number of sulfonamides is 1. The van der Waals surface area contributed by atoms with Crippen LogP contribution >= 0.6 is 0 Å². The van der Waals surface area contributed by atoms with Gasteiger partial charge in [-0.2, -0.15) is 0 Å². The predicted octanol–water partition coefficient (Wildman–Crippen LogP) is 2.47. The molecule has 0 spiro atoms. The van der Waals surface area contributed by atoms with Crippen molar-refractivity contribution in [1.29, 1.82) is 0 Å². The van der Waals surface area contributed by atoms with Crippen molar-refractivity contribution in [3.8, 4) is 5.75 Å². The number of amides is 1. The van der Waals surface area contributed by atoms with Crippen LogP contribution in [0.25, 0.3) is 0 Å². The van der Waals surface area contributed by atoms with E-state index >= 15 is 0 Å². The first-order chi connectivity index (χ1) is 11.2. The molecule has 128 valence electrons.